The predicted octanol–water partition coefficient (Wildman–Crippen LogP) is 3.44. The van der Waals surface area contributed by atoms with Gasteiger partial charge in [-0.2, -0.15) is 0 Å². The predicted molar refractivity (Wildman–Crippen MR) is 63.5 cm³/mol. The first-order valence-electron chi connectivity index (χ1n) is 5.33. The Balaban J connectivity index is 2.36. The lowest BCUT2D eigenvalue weighted by Gasteiger charge is -2.27. The Hall–Kier alpha value is -0.340. The SMILES string of the molecule is CCNC1CCCc2cccc(Br)c21. The fourth-order valence-electron chi connectivity index (χ4n) is 2.28. The van der Waals surface area contributed by atoms with Crippen LogP contribution in [0.15, 0.2) is 22.7 Å². The van der Waals surface area contributed by atoms with Crippen molar-refractivity contribution in [2.45, 2.75) is 32.2 Å². The van der Waals surface area contributed by atoms with Crippen LogP contribution in [-0.2, 0) is 6.42 Å². The summed E-state index contributed by atoms with van der Waals surface area (Å²) in [5.41, 5.74) is 3.00. The first kappa shape index (κ1) is 10.2. The highest BCUT2D eigenvalue weighted by atomic mass is 79.9. The molecule has 0 aromatic heterocycles. The molecule has 0 radical (unpaired) electrons. The first-order valence-corrected chi connectivity index (χ1v) is 6.13. The van der Waals surface area contributed by atoms with Crippen LogP contribution in [-0.4, -0.2) is 6.54 Å². The number of benzene rings is 1. The first-order chi connectivity index (χ1) is 6.83. The maximum Gasteiger partial charge on any atom is 0.0334 e. The second-order valence-electron chi connectivity index (χ2n) is 3.82. The van der Waals surface area contributed by atoms with E-state index in [0.717, 1.165) is 6.54 Å². The molecule has 0 heterocycles. The van der Waals surface area contributed by atoms with Gasteiger partial charge in [-0.15, -0.1) is 0 Å². The molecule has 1 aromatic rings. The fourth-order valence-corrected chi connectivity index (χ4v) is 2.97. The summed E-state index contributed by atoms with van der Waals surface area (Å²) >= 11 is 3.65. The average molecular weight is 254 g/mol. The number of nitrogens with one attached hydrogen (secondary N) is 1. The van der Waals surface area contributed by atoms with Crippen LogP contribution < -0.4 is 5.32 Å². The van der Waals surface area contributed by atoms with Crippen LogP contribution in [0.3, 0.4) is 0 Å². The molecule has 1 aliphatic carbocycles. The molecule has 1 nitrogen and oxygen atoms in total. The molecule has 1 N–H and O–H groups in total. The molecule has 2 rings (SSSR count). The molecule has 0 fully saturated rings. The molecule has 0 saturated heterocycles. The van der Waals surface area contributed by atoms with E-state index in [4.69, 9.17) is 0 Å². The lowest BCUT2D eigenvalue weighted by atomic mass is 9.88. The van der Waals surface area contributed by atoms with Gasteiger partial charge in [0.25, 0.3) is 0 Å². The van der Waals surface area contributed by atoms with E-state index in [9.17, 15) is 0 Å². The Bertz CT molecular complexity index is 322. The fraction of sp³-hybridized carbons (Fsp3) is 0.500. The quantitative estimate of drug-likeness (QED) is 0.852. The molecule has 1 unspecified atom stereocenters. The molecular weight excluding hydrogens is 238 g/mol. The molecule has 1 aromatic carbocycles. The van der Waals surface area contributed by atoms with Crippen LogP contribution in [0, 0.1) is 0 Å². The summed E-state index contributed by atoms with van der Waals surface area (Å²) in [6.07, 6.45) is 3.81. The van der Waals surface area contributed by atoms with Crippen molar-refractivity contribution in [3.63, 3.8) is 0 Å². The Labute approximate surface area is 94.0 Å². The van der Waals surface area contributed by atoms with Crippen LogP contribution in [0.4, 0.5) is 0 Å². The highest BCUT2D eigenvalue weighted by molar-refractivity contribution is 9.10. The van der Waals surface area contributed by atoms with Crippen molar-refractivity contribution in [3.05, 3.63) is 33.8 Å². The van der Waals surface area contributed by atoms with Crippen molar-refractivity contribution in [2.75, 3.05) is 6.54 Å². The summed E-state index contributed by atoms with van der Waals surface area (Å²) in [4.78, 5) is 0. The van der Waals surface area contributed by atoms with Gasteiger partial charge in [0.15, 0.2) is 0 Å². The van der Waals surface area contributed by atoms with E-state index in [0.29, 0.717) is 6.04 Å². The van der Waals surface area contributed by atoms with E-state index in [-0.39, 0.29) is 0 Å². The Morgan fingerprint density at radius 3 is 3.14 bits per heavy atom. The summed E-state index contributed by atoms with van der Waals surface area (Å²) in [5.74, 6) is 0. The van der Waals surface area contributed by atoms with Gasteiger partial charge in [-0.1, -0.05) is 35.0 Å². The van der Waals surface area contributed by atoms with Crippen LogP contribution in [0.1, 0.15) is 36.9 Å². The minimum Gasteiger partial charge on any atom is -0.310 e. The average Bonchev–Trinajstić information content (AvgIpc) is 2.19. The molecule has 0 amide bonds. The second kappa shape index (κ2) is 4.45. The third-order valence-electron chi connectivity index (χ3n) is 2.88. The molecule has 1 atom stereocenters. The summed E-state index contributed by atoms with van der Waals surface area (Å²) < 4.78 is 1.26. The van der Waals surface area contributed by atoms with Gasteiger partial charge >= 0.3 is 0 Å². The zero-order valence-corrected chi connectivity index (χ0v) is 10.1. The van der Waals surface area contributed by atoms with Crippen molar-refractivity contribution >= 4 is 15.9 Å². The van der Waals surface area contributed by atoms with Gasteiger partial charge < -0.3 is 5.32 Å². The zero-order chi connectivity index (χ0) is 9.97. The number of hydrogen-bond donors (Lipinski definition) is 1. The summed E-state index contributed by atoms with van der Waals surface area (Å²) in [5, 5.41) is 3.55. The standard InChI is InChI=1S/C12H16BrN/c1-2-14-11-8-4-6-9-5-3-7-10(13)12(9)11/h3,5,7,11,14H,2,4,6,8H2,1H3. The van der Waals surface area contributed by atoms with E-state index < -0.39 is 0 Å². The van der Waals surface area contributed by atoms with Gasteiger partial charge in [0.1, 0.15) is 0 Å². The minimum atomic E-state index is 0.555. The third kappa shape index (κ3) is 1.86. The molecular formula is C12H16BrN. The number of fused-ring (bicyclic) bond motifs is 1. The largest absolute Gasteiger partial charge is 0.310 e. The molecule has 14 heavy (non-hydrogen) atoms. The van der Waals surface area contributed by atoms with E-state index in [1.54, 1.807) is 0 Å². The van der Waals surface area contributed by atoms with Gasteiger partial charge in [-0.25, -0.2) is 0 Å². The Morgan fingerprint density at radius 2 is 2.36 bits per heavy atom. The zero-order valence-electron chi connectivity index (χ0n) is 8.52. The van der Waals surface area contributed by atoms with Crippen molar-refractivity contribution in [3.8, 4) is 0 Å². The molecule has 76 valence electrons. The van der Waals surface area contributed by atoms with Gasteiger partial charge in [-0.05, 0) is 43.0 Å². The van der Waals surface area contributed by atoms with Crippen LogP contribution in [0.5, 0.6) is 0 Å². The number of aryl methyl sites for hydroxylation is 1. The molecule has 0 aliphatic heterocycles. The lowest BCUT2D eigenvalue weighted by molar-refractivity contribution is 0.470. The van der Waals surface area contributed by atoms with Gasteiger partial charge in [0.2, 0.25) is 0 Å². The van der Waals surface area contributed by atoms with E-state index in [2.05, 4.69) is 46.4 Å². The second-order valence-corrected chi connectivity index (χ2v) is 4.67. The molecule has 0 saturated carbocycles. The van der Waals surface area contributed by atoms with Crippen LogP contribution in [0.25, 0.3) is 0 Å². The summed E-state index contributed by atoms with van der Waals surface area (Å²) in [6, 6.07) is 7.09. The van der Waals surface area contributed by atoms with Crippen molar-refractivity contribution < 1.29 is 0 Å². The number of halogens is 1. The Kier molecular flexibility index (Phi) is 3.24. The minimum absolute atomic E-state index is 0.555. The molecule has 0 bridgehead atoms. The maximum atomic E-state index is 3.65. The normalized spacial score (nSPS) is 20.6. The molecule has 2 heteroatoms. The van der Waals surface area contributed by atoms with E-state index in [1.807, 2.05) is 0 Å². The smallest absolute Gasteiger partial charge is 0.0334 e. The van der Waals surface area contributed by atoms with Crippen LogP contribution in [0.2, 0.25) is 0 Å². The van der Waals surface area contributed by atoms with Gasteiger partial charge in [0.05, 0.1) is 0 Å². The van der Waals surface area contributed by atoms with Crippen LogP contribution >= 0.6 is 15.9 Å². The van der Waals surface area contributed by atoms with Crippen molar-refractivity contribution in [1.82, 2.24) is 5.32 Å². The summed E-state index contributed by atoms with van der Waals surface area (Å²) in [6.45, 7) is 3.22. The maximum absolute atomic E-state index is 3.65. The highest BCUT2D eigenvalue weighted by Crippen LogP contribution is 2.34. The van der Waals surface area contributed by atoms with E-state index in [1.165, 1.54) is 34.9 Å². The monoisotopic (exact) mass is 253 g/mol. The van der Waals surface area contributed by atoms with Crippen molar-refractivity contribution in [2.24, 2.45) is 0 Å². The van der Waals surface area contributed by atoms with E-state index >= 15 is 0 Å². The number of hydrogen-bond acceptors (Lipinski definition) is 1. The van der Waals surface area contributed by atoms with Gasteiger partial charge in [-0.3, -0.25) is 0 Å². The molecule has 0 spiro atoms. The topological polar surface area (TPSA) is 12.0 Å². The highest BCUT2D eigenvalue weighted by Gasteiger charge is 2.20. The Morgan fingerprint density at radius 1 is 1.50 bits per heavy atom. The third-order valence-corrected chi connectivity index (χ3v) is 3.57. The molecule has 1 aliphatic rings. The number of rotatable bonds is 2. The summed E-state index contributed by atoms with van der Waals surface area (Å²) in [7, 11) is 0. The van der Waals surface area contributed by atoms with Crippen molar-refractivity contribution in [1.29, 1.82) is 0 Å². The lowest BCUT2D eigenvalue weighted by Crippen LogP contribution is -2.25. The van der Waals surface area contributed by atoms with Gasteiger partial charge in [0, 0.05) is 10.5 Å².